The number of benzene rings is 1. The molecule has 4 nitrogen and oxygen atoms in total. The predicted molar refractivity (Wildman–Crippen MR) is 91.1 cm³/mol. The third-order valence-electron chi connectivity index (χ3n) is 2.72. The second-order valence-corrected chi connectivity index (χ2v) is 7.48. The molecule has 0 saturated heterocycles. The van der Waals surface area contributed by atoms with Crippen LogP contribution in [0.25, 0.3) is 0 Å². The summed E-state index contributed by atoms with van der Waals surface area (Å²) in [6.07, 6.45) is 0. The Morgan fingerprint density at radius 1 is 1.14 bits per heavy atom. The molecule has 1 atom stereocenters. The molecule has 1 aromatic carbocycles. The normalized spacial score (nSPS) is 12.9. The summed E-state index contributed by atoms with van der Waals surface area (Å²) in [5, 5.41) is 2.76. The number of hydrogen-bond donors (Lipinski definition) is 1. The van der Waals surface area contributed by atoms with E-state index in [0.717, 1.165) is 3.57 Å². The highest BCUT2D eigenvalue weighted by Gasteiger charge is 2.29. The van der Waals surface area contributed by atoms with Gasteiger partial charge in [-0.25, -0.2) is 4.79 Å². The van der Waals surface area contributed by atoms with Gasteiger partial charge in [-0.05, 0) is 73.5 Å². The highest BCUT2D eigenvalue weighted by atomic mass is 127. The Morgan fingerprint density at radius 3 is 2.10 bits per heavy atom. The summed E-state index contributed by atoms with van der Waals surface area (Å²) < 4.78 is 6.41. The molecule has 0 unspecified atom stereocenters. The van der Waals surface area contributed by atoms with Crippen molar-refractivity contribution in [2.24, 2.45) is 5.92 Å². The average Bonchev–Trinajstić information content (AvgIpc) is 2.33. The first-order chi connectivity index (χ1) is 9.60. The van der Waals surface area contributed by atoms with E-state index in [1.54, 1.807) is 12.1 Å². The minimum atomic E-state index is -0.656. The van der Waals surface area contributed by atoms with Crippen molar-refractivity contribution in [3.63, 3.8) is 0 Å². The van der Waals surface area contributed by atoms with Crippen molar-refractivity contribution in [2.75, 3.05) is 0 Å². The van der Waals surface area contributed by atoms with E-state index in [0.29, 0.717) is 5.56 Å². The van der Waals surface area contributed by atoms with Gasteiger partial charge in [-0.3, -0.25) is 4.79 Å². The van der Waals surface area contributed by atoms with Crippen LogP contribution in [-0.4, -0.2) is 23.5 Å². The fourth-order valence-corrected chi connectivity index (χ4v) is 2.05. The number of carbonyl (C=O) groups excluding carboxylic acids is 2. The Labute approximate surface area is 139 Å². The summed E-state index contributed by atoms with van der Waals surface area (Å²) in [6.45, 7) is 9.18. The molecule has 0 fully saturated rings. The van der Waals surface area contributed by atoms with Crippen molar-refractivity contribution >= 4 is 34.5 Å². The first kappa shape index (κ1) is 17.9. The maximum absolute atomic E-state index is 12.2. The number of esters is 1. The fraction of sp³-hybridized carbons (Fsp3) is 0.500. The molecular formula is C16H22INO3. The molecule has 0 aliphatic rings. The standard InChI is InChI=1S/C16H22INO3/c1-10(2)13(15(20)21-16(3,4)5)18-14(19)11-6-8-12(17)9-7-11/h6-10,13H,1-5H3,(H,18,19)/t13-/m0/s1. The molecule has 0 aliphatic heterocycles. The van der Waals surface area contributed by atoms with Crippen LogP contribution in [0.15, 0.2) is 24.3 Å². The monoisotopic (exact) mass is 403 g/mol. The van der Waals surface area contributed by atoms with E-state index in [4.69, 9.17) is 4.74 Å². The second kappa shape index (κ2) is 7.24. The van der Waals surface area contributed by atoms with E-state index >= 15 is 0 Å². The van der Waals surface area contributed by atoms with Crippen molar-refractivity contribution in [3.8, 4) is 0 Å². The van der Waals surface area contributed by atoms with Crippen LogP contribution in [-0.2, 0) is 9.53 Å². The van der Waals surface area contributed by atoms with Crippen LogP contribution in [0, 0.1) is 9.49 Å². The molecule has 0 radical (unpaired) electrons. The van der Waals surface area contributed by atoms with Gasteiger partial charge in [0.2, 0.25) is 0 Å². The Morgan fingerprint density at radius 2 is 1.67 bits per heavy atom. The van der Waals surface area contributed by atoms with E-state index in [1.165, 1.54) is 0 Å². The van der Waals surface area contributed by atoms with Crippen LogP contribution in [0.5, 0.6) is 0 Å². The summed E-state index contributed by atoms with van der Waals surface area (Å²) >= 11 is 2.18. The smallest absolute Gasteiger partial charge is 0.329 e. The third kappa shape index (κ3) is 6.03. The number of ether oxygens (including phenoxy) is 1. The van der Waals surface area contributed by atoms with E-state index in [9.17, 15) is 9.59 Å². The molecule has 116 valence electrons. The van der Waals surface area contributed by atoms with E-state index in [-0.39, 0.29) is 11.8 Å². The Balaban J connectivity index is 2.81. The highest BCUT2D eigenvalue weighted by molar-refractivity contribution is 14.1. The van der Waals surface area contributed by atoms with Crippen LogP contribution in [0.4, 0.5) is 0 Å². The lowest BCUT2D eigenvalue weighted by Crippen LogP contribution is -2.47. The SMILES string of the molecule is CC(C)[C@H](NC(=O)c1ccc(I)cc1)C(=O)OC(C)(C)C. The van der Waals surface area contributed by atoms with Gasteiger partial charge >= 0.3 is 5.97 Å². The number of nitrogens with one attached hydrogen (secondary N) is 1. The summed E-state index contributed by atoms with van der Waals surface area (Å²) in [5.41, 5.74) is -0.0396. The largest absolute Gasteiger partial charge is 0.458 e. The van der Waals surface area contributed by atoms with Gasteiger partial charge in [-0.2, -0.15) is 0 Å². The molecule has 0 heterocycles. The lowest BCUT2D eigenvalue weighted by atomic mass is 10.0. The summed E-state index contributed by atoms with van der Waals surface area (Å²) in [5.74, 6) is -0.722. The molecule has 1 amide bonds. The molecule has 5 heteroatoms. The van der Waals surface area contributed by atoms with Gasteiger partial charge in [-0.1, -0.05) is 13.8 Å². The molecule has 1 aromatic rings. The molecular weight excluding hydrogens is 381 g/mol. The zero-order chi connectivity index (χ0) is 16.2. The molecule has 0 saturated carbocycles. The first-order valence-corrected chi connectivity index (χ1v) is 7.97. The molecule has 21 heavy (non-hydrogen) atoms. The Kier molecular flexibility index (Phi) is 6.19. The molecule has 0 aliphatic carbocycles. The Bertz CT molecular complexity index is 503. The minimum absolute atomic E-state index is 0.0485. The molecule has 0 aromatic heterocycles. The maximum Gasteiger partial charge on any atom is 0.329 e. The second-order valence-electron chi connectivity index (χ2n) is 6.24. The zero-order valence-corrected chi connectivity index (χ0v) is 15.2. The van der Waals surface area contributed by atoms with Crippen LogP contribution < -0.4 is 5.32 Å². The number of halogens is 1. The van der Waals surface area contributed by atoms with Gasteiger partial charge in [0.25, 0.3) is 5.91 Å². The molecule has 1 rings (SSSR count). The van der Waals surface area contributed by atoms with Crippen LogP contribution in [0.3, 0.4) is 0 Å². The molecule has 1 N–H and O–H groups in total. The number of carbonyl (C=O) groups is 2. The summed E-state index contributed by atoms with van der Waals surface area (Å²) in [4.78, 5) is 24.4. The van der Waals surface area contributed by atoms with E-state index in [2.05, 4.69) is 27.9 Å². The zero-order valence-electron chi connectivity index (χ0n) is 13.1. The van der Waals surface area contributed by atoms with Gasteiger partial charge in [0.05, 0.1) is 0 Å². The predicted octanol–water partition coefficient (Wildman–Crippen LogP) is 3.39. The van der Waals surface area contributed by atoms with Crippen molar-refractivity contribution in [1.29, 1.82) is 0 Å². The summed E-state index contributed by atoms with van der Waals surface area (Å²) in [7, 11) is 0. The van der Waals surface area contributed by atoms with Gasteiger partial charge in [0, 0.05) is 9.13 Å². The third-order valence-corrected chi connectivity index (χ3v) is 3.44. The highest BCUT2D eigenvalue weighted by Crippen LogP contribution is 2.13. The van der Waals surface area contributed by atoms with Crippen LogP contribution >= 0.6 is 22.6 Å². The number of amides is 1. The van der Waals surface area contributed by atoms with Crippen molar-refractivity contribution < 1.29 is 14.3 Å². The quantitative estimate of drug-likeness (QED) is 0.620. The molecule has 0 spiro atoms. The van der Waals surface area contributed by atoms with Gasteiger partial charge in [0.1, 0.15) is 11.6 Å². The van der Waals surface area contributed by atoms with Crippen molar-refractivity contribution in [3.05, 3.63) is 33.4 Å². The number of rotatable bonds is 4. The van der Waals surface area contributed by atoms with Gasteiger partial charge in [-0.15, -0.1) is 0 Å². The topological polar surface area (TPSA) is 55.4 Å². The maximum atomic E-state index is 12.2. The minimum Gasteiger partial charge on any atom is -0.458 e. The van der Waals surface area contributed by atoms with E-state index in [1.807, 2.05) is 46.8 Å². The van der Waals surface area contributed by atoms with E-state index < -0.39 is 17.6 Å². The van der Waals surface area contributed by atoms with Crippen LogP contribution in [0.2, 0.25) is 0 Å². The fourth-order valence-electron chi connectivity index (χ4n) is 1.69. The summed E-state index contributed by atoms with van der Waals surface area (Å²) in [6, 6.07) is 6.53. The molecule has 0 bridgehead atoms. The van der Waals surface area contributed by atoms with Crippen molar-refractivity contribution in [2.45, 2.75) is 46.3 Å². The van der Waals surface area contributed by atoms with Crippen molar-refractivity contribution in [1.82, 2.24) is 5.32 Å². The van der Waals surface area contributed by atoms with Gasteiger partial charge in [0.15, 0.2) is 0 Å². The lowest BCUT2D eigenvalue weighted by Gasteiger charge is -2.26. The van der Waals surface area contributed by atoms with Gasteiger partial charge < -0.3 is 10.1 Å². The van der Waals surface area contributed by atoms with Crippen LogP contribution in [0.1, 0.15) is 45.0 Å². The lowest BCUT2D eigenvalue weighted by molar-refractivity contribution is -0.158. The number of hydrogen-bond acceptors (Lipinski definition) is 3. The average molecular weight is 403 g/mol. The first-order valence-electron chi connectivity index (χ1n) is 6.89. The Hall–Kier alpha value is -1.11.